The number of likely N-dealkylation sites (N-methyl/N-ethyl adjacent to an activating group) is 1. The molecule has 1 aliphatic heterocycles. The van der Waals surface area contributed by atoms with Gasteiger partial charge in [-0.05, 0) is 52.6 Å². The molecule has 1 amide bonds. The number of nitrogens with zero attached hydrogens (tertiary/aromatic N) is 3. The summed E-state index contributed by atoms with van der Waals surface area (Å²) < 4.78 is 13.2. The normalized spacial score (nSPS) is 17.5. The molecule has 0 saturated carbocycles. The van der Waals surface area contributed by atoms with E-state index in [-0.39, 0.29) is 30.4 Å². The van der Waals surface area contributed by atoms with Crippen molar-refractivity contribution in [3.05, 3.63) is 167 Å². The van der Waals surface area contributed by atoms with Gasteiger partial charge in [-0.15, -0.1) is 0 Å². The maximum absolute atomic E-state index is 13.0. The largest absolute Gasteiger partial charge is 0.392 e. The second kappa shape index (κ2) is 15.5. The Morgan fingerprint density at radius 2 is 1.50 bits per heavy atom. The Morgan fingerprint density at radius 3 is 2.28 bits per heavy atom. The number of aromatic nitrogens is 2. The molecule has 2 N–H and O–H groups in total. The highest BCUT2D eigenvalue weighted by atomic mass is 16.7. The number of ether oxygens (including phenoxy) is 2. The van der Waals surface area contributed by atoms with Crippen LogP contribution in [0, 0.1) is 0 Å². The van der Waals surface area contributed by atoms with Crippen molar-refractivity contribution in [3.8, 4) is 11.1 Å². The summed E-state index contributed by atoms with van der Waals surface area (Å²) in [4.78, 5) is 24.2. The molecule has 3 unspecified atom stereocenters. The first-order chi connectivity index (χ1) is 24.5. The van der Waals surface area contributed by atoms with Crippen molar-refractivity contribution < 1.29 is 19.4 Å². The highest BCUT2D eigenvalue weighted by Gasteiger charge is 2.33. The van der Waals surface area contributed by atoms with E-state index in [2.05, 4.69) is 81.8 Å². The minimum atomic E-state index is -0.548. The molecule has 0 radical (unpaired) electrons. The molecule has 2 heterocycles. The zero-order valence-corrected chi connectivity index (χ0v) is 28.0. The summed E-state index contributed by atoms with van der Waals surface area (Å²) in [6.07, 6.45) is 1.47. The minimum Gasteiger partial charge on any atom is -0.392 e. The van der Waals surface area contributed by atoms with Crippen LogP contribution in [-0.2, 0) is 29.2 Å². The number of aliphatic hydroxyl groups excluding tert-OH is 1. The second-order valence-corrected chi connectivity index (χ2v) is 12.7. The Balaban J connectivity index is 1.06. The highest BCUT2D eigenvalue weighted by molar-refractivity contribution is 5.93. The van der Waals surface area contributed by atoms with Crippen molar-refractivity contribution in [1.82, 2.24) is 20.2 Å². The smallest absolute Gasteiger partial charge is 0.271 e. The number of amides is 1. The molecule has 6 aromatic rings. The predicted octanol–water partition coefficient (Wildman–Crippen LogP) is 7.40. The lowest BCUT2D eigenvalue weighted by Crippen LogP contribution is -2.37. The number of carbonyl (C=O) groups is 1. The van der Waals surface area contributed by atoms with Crippen molar-refractivity contribution in [3.63, 3.8) is 0 Å². The molecular weight excluding hydrogens is 624 g/mol. The van der Waals surface area contributed by atoms with Gasteiger partial charge in [0.1, 0.15) is 5.69 Å². The molecule has 1 aromatic heterocycles. The number of fused-ring (bicyclic) bond motifs is 1. The van der Waals surface area contributed by atoms with Crippen LogP contribution >= 0.6 is 0 Å². The maximum atomic E-state index is 13.0. The van der Waals surface area contributed by atoms with Gasteiger partial charge in [-0.25, -0.2) is 4.98 Å². The van der Waals surface area contributed by atoms with Crippen LogP contribution < -0.4 is 5.32 Å². The van der Waals surface area contributed by atoms with E-state index >= 15 is 0 Å². The maximum Gasteiger partial charge on any atom is 0.271 e. The summed E-state index contributed by atoms with van der Waals surface area (Å²) >= 11 is 0. The van der Waals surface area contributed by atoms with Gasteiger partial charge in [-0.2, -0.15) is 0 Å². The van der Waals surface area contributed by atoms with E-state index in [0.717, 1.165) is 58.4 Å². The standard InChI is InChI=1S/C42H40N4O4/c1-46(26-29-9-3-2-4-10-29)27-35-23-40(32-17-15-30(28-47)16-18-32)50-42(49-35)33-21-19-31(20-22-33)36-12-6-5-11-34(36)24-44-41(48)39-25-43-37-13-7-8-14-38(37)45-39/h2-22,25,35,40,42,47H,23-24,26-28H2,1H3,(H,44,48). The second-order valence-electron chi connectivity index (χ2n) is 12.7. The Labute approximate surface area is 292 Å². The first-order valence-corrected chi connectivity index (χ1v) is 16.9. The number of hydrogen-bond donors (Lipinski definition) is 2. The minimum absolute atomic E-state index is 0.00539. The number of para-hydroxylation sites is 2. The van der Waals surface area contributed by atoms with Crippen molar-refractivity contribution in [2.24, 2.45) is 0 Å². The van der Waals surface area contributed by atoms with Crippen LogP contribution in [0.1, 0.15) is 57.1 Å². The number of rotatable bonds is 11. The number of aliphatic hydroxyl groups is 1. The van der Waals surface area contributed by atoms with Gasteiger partial charge in [0, 0.05) is 31.6 Å². The predicted molar refractivity (Wildman–Crippen MR) is 194 cm³/mol. The van der Waals surface area contributed by atoms with E-state index in [9.17, 15) is 9.90 Å². The molecule has 7 rings (SSSR count). The topological polar surface area (TPSA) is 96.8 Å². The molecule has 252 valence electrons. The van der Waals surface area contributed by atoms with Gasteiger partial charge in [-0.1, -0.05) is 115 Å². The Bertz CT molecular complexity index is 2040. The van der Waals surface area contributed by atoms with Crippen LogP contribution in [0.3, 0.4) is 0 Å². The molecule has 3 atom stereocenters. The SMILES string of the molecule is CN(Cc1ccccc1)CC1CC(c2ccc(CO)cc2)OC(c2ccc(-c3ccccc3CNC(=O)c3cnc4ccccc4n3)cc2)O1. The molecule has 5 aromatic carbocycles. The van der Waals surface area contributed by atoms with E-state index in [4.69, 9.17) is 9.47 Å². The molecule has 1 saturated heterocycles. The van der Waals surface area contributed by atoms with Gasteiger partial charge in [0.15, 0.2) is 6.29 Å². The zero-order chi connectivity index (χ0) is 34.3. The van der Waals surface area contributed by atoms with Crippen molar-refractivity contribution in [2.75, 3.05) is 13.6 Å². The quantitative estimate of drug-likeness (QED) is 0.149. The summed E-state index contributed by atoms with van der Waals surface area (Å²) in [6.45, 7) is 1.93. The molecular formula is C42H40N4O4. The number of carbonyl (C=O) groups excluding carboxylic acids is 1. The van der Waals surface area contributed by atoms with Crippen molar-refractivity contribution >= 4 is 16.9 Å². The van der Waals surface area contributed by atoms with Gasteiger partial charge in [0.25, 0.3) is 5.91 Å². The first-order valence-electron chi connectivity index (χ1n) is 16.9. The Kier molecular flexibility index (Phi) is 10.3. The van der Waals surface area contributed by atoms with Crippen LogP contribution in [0.2, 0.25) is 0 Å². The van der Waals surface area contributed by atoms with Crippen molar-refractivity contribution in [1.29, 1.82) is 0 Å². The molecule has 8 nitrogen and oxygen atoms in total. The molecule has 50 heavy (non-hydrogen) atoms. The monoisotopic (exact) mass is 664 g/mol. The van der Waals surface area contributed by atoms with Crippen LogP contribution in [0.5, 0.6) is 0 Å². The average Bonchev–Trinajstić information content (AvgIpc) is 3.17. The zero-order valence-electron chi connectivity index (χ0n) is 28.0. The van der Waals surface area contributed by atoms with E-state index in [1.807, 2.05) is 72.8 Å². The number of nitrogens with one attached hydrogen (secondary N) is 1. The van der Waals surface area contributed by atoms with Crippen molar-refractivity contribution in [2.45, 2.75) is 44.6 Å². The summed E-state index contributed by atoms with van der Waals surface area (Å²) in [7, 11) is 2.12. The third-order valence-electron chi connectivity index (χ3n) is 9.06. The summed E-state index contributed by atoms with van der Waals surface area (Å²) in [5, 5.41) is 12.6. The third-order valence-corrected chi connectivity index (χ3v) is 9.06. The molecule has 0 aliphatic carbocycles. The van der Waals surface area contributed by atoms with Gasteiger partial charge in [-0.3, -0.25) is 14.7 Å². The molecule has 8 heteroatoms. The lowest BCUT2D eigenvalue weighted by molar-refractivity contribution is -0.252. The molecule has 1 fully saturated rings. The third kappa shape index (κ3) is 7.96. The highest BCUT2D eigenvalue weighted by Crippen LogP contribution is 2.39. The number of benzene rings is 5. The van der Waals surface area contributed by atoms with Crippen LogP contribution in [-0.4, -0.2) is 45.6 Å². The van der Waals surface area contributed by atoms with Gasteiger partial charge >= 0.3 is 0 Å². The number of hydrogen-bond acceptors (Lipinski definition) is 7. The fraction of sp³-hybridized carbons (Fsp3) is 0.214. The lowest BCUT2D eigenvalue weighted by atomic mass is 9.97. The van der Waals surface area contributed by atoms with E-state index in [1.165, 1.54) is 11.8 Å². The first kappa shape index (κ1) is 33.3. The van der Waals surface area contributed by atoms with Crippen LogP contribution in [0.4, 0.5) is 0 Å². The van der Waals surface area contributed by atoms with E-state index in [1.54, 1.807) is 0 Å². The van der Waals surface area contributed by atoms with E-state index in [0.29, 0.717) is 12.1 Å². The summed E-state index contributed by atoms with van der Waals surface area (Å²) in [6, 6.07) is 42.2. The fourth-order valence-corrected chi connectivity index (χ4v) is 6.45. The fourth-order valence-electron chi connectivity index (χ4n) is 6.45. The van der Waals surface area contributed by atoms with Gasteiger partial charge in [0.2, 0.25) is 0 Å². The van der Waals surface area contributed by atoms with E-state index < -0.39 is 6.29 Å². The van der Waals surface area contributed by atoms with Gasteiger partial charge < -0.3 is 19.9 Å². The Hall–Kier alpha value is -5.25. The molecule has 0 bridgehead atoms. The lowest BCUT2D eigenvalue weighted by Gasteiger charge is -2.38. The van der Waals surface area contributed by atoms with Crippen LogP contribution in [0.25, 0.3) is 22.2 Å². The van der Waals surface area contributed by atoms with Gasteiger partial charge in [0.05, 0.1) is 36.0 Å². The summed E-state index contributed by atoms with van der Waals surface area (Å²) in [5.41, 5.74) is 8.87. The Morgan fingerprint density at radius 1 is 0.800 bits per heavy atom. The van der Waals surface area contributed by atoms with Crippen LogP contribution in [0.15, 0.2) is 134 Å². The molecule has 1 aliphatic rings. The summed E-state index contributed by atoms with van der Waals surface area (Å²) in [5.74, 6) is -0.274. The molecule has 0 spiro atoms. The average molecular weight is 665 g/mol.